The van der Waals surface area contributed by atoms with Crippen LogP contribution in [-0.2, 0) is 11.3 Å². The normalized spacial score (nSPS) is 11.6. The van der Waals surface area contributed by atoms with Gasteiger partial charge in [0.1, 0.15) is 11.5 Å². The van der Waals surface area contributed by atoms with Gasteiger partial charge >= 0.3 is 5.97 Å². The number of nitrogen functional groups attached to an aromatic ring is 1. The largest absolute Gasteiger partial charge is 0.457 e. The Balaban J connectivity index is 1.53. The molecule has 0 amide bonds. The molecule has 0 fully saturated rings. The standard InChI is InChI=1S/C32H21NO2S2/c33-31-29(27-23-13-7-5-11-21(23)15-17-25(27)37-31)28-26-22-12-6-4-10-20(22)14-16-24(26)36-30(28)32(34)35-18-19-8-2-1-3-9-19/h1-17H,18,33H2. The van der Waals surface area contributed by atoms with Crippen LogP contribution in [0.1, 0.15) is 15.2 Å². The monoisotopic (exact) mass is 515 g/mol. The van der Waals surface area contributed by atoms with E-state index in [2.05, 4.69) is 54.6 Å². The highest BCUT2D eigenvalue weighted by Gasteiger charge is 2.27. The van der Waals surface area contributed by atoms with Crippen molar-refractivity contribution in [1.29, 1.82) is 0 Å². The lowest BCUT2D eigenvalue weighted by molar-refractivity contribution is 0.0479. The van der Waals surface area contributed by atoms with Crippen LogP contribution in [0.5, 0.6) is 0 Å². The topological polar surface area (TPSA) is 52.3 Å². The van der Waals surface area contributed by atoms with Crippen LogP contribution in [-0.4, -0.2) is 5.97 Å². The van der Waals surface area contributed by atoms with Gasteiger partial charge in [-0.25, -0.2) is 4.79 Å². The number of carbonyl (C=O) groups is 1. The molecule has 7 aromatic rings. The lowest BCUT2D eigenvalue weighted by atomic mass is 9.94. The van der Waals surface area contributed by atoms with Crippen molar-refractivity contribution in [2.45, 2.75) is 6.61 Å². The second kappa shape index (κ2) is 8.73. The first kappa shape index (κ1) is 22.0. The Hall–Kier alpha value is -4.19. The molecule has 0 atom stereocenters. The maximum Gasteiger partial charge on any atom is 0.349 e. The molecule has 0 saturated heterocycles. The Labute approximate surface area is 221 Å². The van der Waals surface area contributed by atoms with Crippen LogP contribution in [0.15, 0.2) is 103 Å². The molecule has 7 rings (SSSR count). The molecule has 0 aliphatic rings. The van der Waals surface area contributed by atoms with Gasteiger partial charge in [-0.15, -0.1) is 22.7 Å². The third kappa shape index (κ3) is 3.58. The molecular weight excluding hydrogens is 494 g/mol. The van der Waals surface area contributed by atoms with E-state index in [4.69, 9.17) is 10.5 Å². The van der Waals surface area contributed by atoms with Gasteiger partial charge in [-0.2, -0.15) is 0 Å². The summed E-state index contributed by atoms with van der Waals surface area (Å²) in [5.41, 5.74) is 9.52. The summed E-state index contributed by atoms with van der Waals surface area (Å²) in [6.07, 6.45) is 0. The van der Waals surface area contributed by atoms with Gasteiger partial charge in [-0.05, 0) is 39.2 Å². The summed E-state index contributed by atoms with van der Waals surface area (Å²) in [5, 5.41) is 7.35. The van der Waals surface area contributed by atoms with Crippen molar-refractivity contribution in [3.63, 3.8) is 0 Å². The predicted molar refractivity (Wildman–Crippen MR) is 158 cm³/mol. The van der Waals surface area contributed by atoms with E-state index in [9.17, 15) is 4.79 Å². The van der Waals surface area contributed by atoms with Crippen LogP contribution in [0.25, 0.3) is 52.8 Å². The number of ether oxygens (including phenoxy) is 1. The van der Waals surface area contributed by atoms with Crippen LogP contribution >= 0.6 is 22.7 Å². The van der Waals surface area contributed by atoms with Crippen LogP contribution in [0.4, 0.5) is 5.00 Å². The quantitative estimate of drug-likeness (QED) is 0.238. The van der Waals surface area contributed by atoms with E-state index in [-0.39, 0.29) is 12.6 Å². The van der Waals surface area contributed by atoms with E-state index < -0.39 is 0 Å². The Bertz CT molecular complexity index is 1970. The molecule has 0 unspecified atom stereocenters. The van der Waals surface area contributed by atoms with Gasteiger partial charge < -0.3 is 10.5 Å². The van der Waals surface area contributed by atoms with Gasteiger partial charge in [0.2, 0.25) is 0 Å². The van der Waals surface area contributed by atoms with E-state index >= 15 is 0 Å². The van der Waals surface area contributed by atoms with E-state index in [1.54, 1.807) is 11.3 Å². The average molecular weight is 516 g/mol. The summed E-state index contributed by atoms with van der Waals surface area (Å²) in [7, 11) is 0. The Morgan fingerprint density at radius 2 is 1.22 bits per heavy atom. The maximum absolute atomic E-state index is 13.7. The number of anilines is 1. The summed E-state index contributed by atoms with van der Waals surface area (Å²) in [5.74, 6) is -0.330. The molecule has 2 heterocycles. The number of thiophene rings is 2. The average Bonchev–Trinajstić information content (AvgIpc) is 3.49. The highest BCUT2D eigenvalue weighted by Crippen LogP contribution is 2.51. The highest BCUT2D eigenvalue weighted by molar-refractivity contribution is 7.24. The van der Waals surface area contributed by atoms with Gasteiger partial charge in [-0.1, -0.05) is 91.0 Å². The number of nitrogens with two attached hydrogens (primary N) is 1. The molecule has 0 radical (unpaired) electrons. The molecule has 0 saturated carbocycles. The summed E-state index contributed by atoms with van der Waals surface area (Å²) in [6, 6.07) is 34.9. The fraction of sp³-hybridized carbons (Fsp3) is 0.0312. The summed E-state index contributed by atoms with van der Waals surface area (Å²) in [6.45, 7) is 0.219. The van der Waals surface area contributed by atoms with Crippen LogP contribution in [0.2, 0.25) is 0 Å². The maximum atomic E-state index is 13.7. The zero-order valence-electron chi connectivity index (χ0n) is 19.7. The minimum absolute atomic E-state index is 0.219. The van der Waals surface area contributed by atoms with Crippen molar-refractivity contribution in [3.8, 4) is 11.1 Å². The van der Waals surface area contributed by atoms with Crippen molar-refractivity contribution < 1.29 is 9.53 Å². The molecular formula is C32H21NO2S2. The third-order valence-corrected chi connectivity index (χ3v) is 8.95. The van der Waals surface area contributed by atoms with Gasteiger partial charge in [0.25, 0.3) is 0 Å². The molecule has 2 aromatic heterocycles. The number of hydrogen-bond acceptors (Lipinski definition) is 5. The Kier molecular flexibility index (Phi) is 5.20. The molecule has 3 nitrogen and oxygen atoms in total. The van der Waals surface area contributed by atoms with Crippen molar-refractivity contribution in [1.82, 2.24) is 0 Å². The van der Waals surface area contributed by atoms with Gasteiger partial charge in [0, 0.05) is 31.3 Å². The van der Waals surface area contributed by atoms with Crippen LogP contribution < -0.4 is 5.73 Å². The van der Waals surface area contributed by atoms with Crippen molar-refractivity contribution in [3.05, 3.63) is 114 Å². The van der Waals surface area contributed by atoms with E-state index in [0.717, 1.165) is 58.4 Å². The minimum Gasteiger partial charge on any atom is -0.457 e. The van der Waals surface area contributed by atoms with Gasteiger partial charge in [0.05, 0.1) is 5.00 Å². The fourth-order valence-electron chi connectivity index (χ4n) is 5.18. The molecule has 5 heteroatoms. The number of hydrogen-bond donors (Lipinski definition) is 1. The molecule has 0 aliphatic carbocycles. The first-order chi connectivity index (χ1) is 18.2. The van der Waals surface area contributed by atoms with E-state index in [1.165, 1.54) is 11.3 Å². The molecule has 37 heavy (non-hydrogen) atoms. The molecule has 0 aliphatic heterocycles. The number of carbonyl (C=O) groups excluding carboxylic acids is 1. The zero-order valence-corrected chi connectivity index (χ0v) is 21.4. The molecule has 178 valence electrons. The SMILES string of the molecule is Nc1sc2ccc3ccccc3c2c1-c1c(C(=O)OCc2ccccc2)sc2ccc3ccccc3c12. The lowest BCUT2D eigenvalue weighted by Gasteiger charge is -2.10. The summed E-state index contributed by atoms with van der Waals surface area (Å²) < 4.78 is 8.01. The summed E-state index contributed by atoms with van der Waals surface area (Å²) >= 11 is 3.04. The second-order valence-electron chi connectivity index (χ2n) is 9.03. The van der Waals surface area contributed by atoms with Crippen molar-refractivity contribution in [2.75, 3.05) is 5.73 Å². The number of benzene rings is 5. The Morgan fingerprint density at radius 1 is 0.649 bits per heavy atom. The fourth-order valence-corrected chi connectivity index (χ4v) is 7.29. The first-order valence-corrected chi connectivity index (χ1v) is 13.7. The predicted octanol–water partition coefficient (Wildman–Crippen LogP) is 9.03. The molecule has 0 bridgehead atoms. The van der Waals surface area contributed by atoms with Crippen molar-refractivity contribution in [2.24, 2.45) is 0 Å². The van der Waals surface area contributed by atoms with Crippen LogP contribution in [0.3, 0.4) is 0 Å². The summed E-state index contributed by atoms with van der Waals surface area (Å²) in [4.78, 5) is 14.3. The minimum atomic E-state index is -0.330. The van der Waals surface area contributed by atoms with Gasteiger partial charge in [-0.3, -0.25) is 0 Å². The number of esters is 1. The molecule has 0 spiro atoms. The van der Waals surface area contributed by atoms with E-state index in [1.807, 2.05) is 48.5 Å². The van der Waals surface area contributed by atoms with Crippen molar-refractivity contribution >= 4 is 75.4 Å². The smallest absolute Gasteiger partial charge is 0.349 e. The first-order valence-electron chi connectivity index (χ1n) is 12.0. The lowest BCUT2D eigenvalue weighted by Crippen LogP contribution is -2.05. The third-order valence-electron chi connectivity index (χ3n) is 6.84. The van der Waals surface area contributed by atoms with E-state index in [0.29, 0.717) is 9.88 Å². The molecule has 5 aromatic carbocycles. The number of fused-ring (bicyclic) bond motifs is 6. The Morgan fingerprint density at radius 3 is 1.89 bits per heavy atom. The van der Waals surface area contributed by atoms with Gasteiger partial charge in [0.15, 0.2) is 0 Å². The zero-order chi connectivity index (χ0) is 24.9. The highest BCUT2D eigenvalue weighted by atomic mass is 32.1. The second-order valence-corrected chi connectivity index (χ2v) is 11.2. The molecule has 2 N–H and O–H groups in total. The van der Waals surface area contributed by atoms with Crippen LogP contribution in [0, 0.1) is 0 Å². The number of rotatable bonds is 4.